The molecule has 8 heteroatoms. The molecule has 5 aromatic rings. The van der Waals surface area contributed by atoms with Crippen LogP contribution in [-0.2, 0) is 4.79 Å². The molecule has 3 aromatic carbocycles. The highest BCUT2D eigenvalue weighted by Gasteiger charge is 2.35. The molecule has 1 aliphatic rings. The number of hydrogen-bond donors (Lipinski definition) is 2. The molecule has 0 saturated heterocycles. The Morgan fingerprint density at radius 2 is 1.67 bits per heavy atom. The second kappa shape index (κ2) is 7.84. The van der Waals surface area contributed by atoms with E-state index in [-0.39, 0.29) is 45.4 Å². The fourth-order valence-electron chi connectivity index (χ4n) is 4.74. The fraction of sp³-hybridized carbons (Fsp3) is 0.107. The number of carbonyl (C=O) groups excluding carboxylic acids is 1. The first-order chi connectivity index (χ1) is 17.3. The van der Waals surface area contributed by atoms with Crippen molar-refractivity contribution in [1.82, 2.24) is 0 Å². The van der Waals surface area contributed by atoms with Crippen LogP contribution in [0.2, 0.25) is 0 Å². The van der Waals surface area contributed by atoms with Crippen LogP contribution in [0, 0.1) is 6.92 Å². The summed E-state index contributed by atoms with van der Waals surface area (Å²) in [4.78, 5) is 39.4. The van der Waals surface area contributed by atoms with Crippen LogP contribution in [0.15, 0.2) is 79.5 Å². The zero-order valence-corrected chi connectivity index (χ0v) is 18.9. The van der Waals surface area contributed by atoms with Gasteiger partial charge in [0.1, 0.15) is 40.1 Å². The average molecular weight is 482 g/mol. The van der Waals surface area contributed by atoms with E-state index in [2.05, 4.69) is 0 Å². The standard InChI is InChI=1S/C28H18O8/c1-13-2-7-21-17(8-13)26(32)19(12-34-21)16-9-23(31)36-22-10-20(30)25-27(33)18(11-35-28(25)24(16)22)14-3-5-15(29)6-4-14/h2-8,10-12,16,29-30H,9H2,1H3. The van der Waals surface area contributed by atoms with E-state index in [9.17, 15) is 24.6 Å². The van der Waals surface area contributed by atoms with Gasteiger partial charge in [-0.05, 0) is 36.8 Å². The van der Waals surface area contributed by atoms with Crippen molar-refractivity contribution < 1.29 is 28.6 Å². The molecular weight excluding hydrogens is 464 g/mol. The minimum Gasteiger partial charge on any atom is -0.508 e. The number of carbonyl (C=O) groups is 1. The predicted octanol–water partition coefficient (Wildman–Crippen LogP) is 4.73. The lowest BCUT2D eigenvalue weighted by molar-refractivity contribution is -0.135. The highest BCUT2D eigenvalue weighted by atomic mass is 16.5. The first-order valence-corrected chi connectivity index (χ1v) is 11.2. The molecule has 0 spiro atoms. The van der Waals surface area contributed by atoms with Crippen molar-refractivity contribution in [1.29, 1.82) is 0 Å². The predicted molar refractivity (Wildman–Crippen MR) is 131 cm³/mol. The van der Waals surface area contributed by atoms with E-state index in [4.69, 9.17) is 13.6 Å². The summed E-state index contributed by atoms with van der Waals surface area (Å²) in [5.74, 6) is -1.81. The van der Waals surface area contributed by atoms with Crippen molar-refractivity contribution in [2.75, 3.05) is 0 Å². The highest BCUT2D eigenvalue weighted by molar-refractivity contribution is 5.94. The molecule has 36 heavy (non-hydrogen) atoms. The van der Waals surface area contributed by atoms with Gasteiger partial charge in [-0.2, -0.15) is 0 Å². The average Bonchev–Trinajstić information content (AvgIpc) is 2.85. The van der Waals surface area contributed by atoms with Gasteiger partial charge in [0.15, 0.2) is 5.43 Å². The Balaban J connectivity index is 1.62. The van der Waals surface area contributed by atoms with Crippen molar-refractivity contribution in [2.24, 2.45) is 0 Å². The number of esters is 1. The normalized spacial score (nSPS) is 15.1. The molecule has 2 aromatic heterocycles. The Hall–Kier alpha value is -4.85. The molecular formula is C28H18O8. The van der Waals surface area contributed by atoms with E-state index in [1.165, 1.54) is 30.7 Å². The van der Waals surface area contributed by atoms with Crippen LogP contribution in [0.3, 0.4) is 0 Å². The summed E-state index contributed by atoms with van der Waals surface area (Å²) in [6.45, 7) is 1.86. The molecule has 0 radical (unpaired) electrons. The summed E-state index contributed by atoms with van der Waals surface area (Å²) in [6.07, 6.45) is 2.38. The fourth-order valence-corrected chi connectivity index (χ4v) is 4.74. The topological polar surface area (TPSA) is 127 Å². The van der Waals surface area contributed by atoms with Gasteiger partial charge in [0.05, 0.1) is 23.6 Å². The maximum atomic E-state index is 13.5. The molecule has 1 aliphatic heterocycles. The summed E-state index contributed by atoms with van der Waals surface area (Å²) in [5, 5.41) is 20.5. The molecule has 0 amide bonds. The second-order valence-electron chi connectivity index (χ2n) is 8.79. The molecule has 0 aliphatic carbocycles. The molecule has 0 fully saturated rings. The van der Waals surface area contributed by atoms with Crippen molar-refractivity contribution >= 4 is 27.9 Å². The van der Waals surface area contributed by atoms with Gasteiger partial charge in [0.2, 0.25) is 5.43 Å². The minimum atomic E-state index is -0.826. The maximum absolute atomic E-state index is 13.5. The Kier molecular flexibility index (Phi) is 4.72. The number of fused-ring (bicyclic) bond motifs is 4. The summed E-state index contributed by atoms with van der Waals surface area (Å²) >= 11 is 0. The van der Waals surface area contributed by atoms with Gasteiger partial charge in [-0.25, -0.2) is 0 Å². The van der Waals surface area contributed by atoms with Gasteiger partial charge in [0.25, 0.3) is 0 Å². The molecule has 6 rings (SSSR count). The van der Waals surface area contributed by atoms with E-state index in [1.807, 2.05) is 13.0 Å². The maximum Gasteiger partial charge on any atom is 0.312 e. The van der Waals surface area contributed by atoms with Gasteiger partial charge >= 0.3 is 5.97 Å². The van der Waals surface area contributed by atoms with Gasteiger partial charge in [0, 0.05) is 23.1 Å². The lowest BCUT2D eigenvalue weighted by Crippen LogP contribution is -2.25. The number of rotatable bonds is 2. The number of phenolic OH excluding ortho intramolecular Hbond substituents is 2. The number of aromatic hydroxyl groups is 2. The summed E-state index contributed by atoms with van der Waals surface area (Å²) < 4.78 is 17.0. The van der Waals surface area contributed by atoms with Crippen molar-refractivity contribution in [3.8, 4) is 28.4 Å². The van der Waals surface area contributed by atoms with Gasteiger partial charge in [-0.1, -0.05) is 23.8 Å². The van der Waals surface area contributed by atoms with Gasteiger partial charge in [-0.15, -0.1) is 0 Å². The van der Waals surface area contributed by atoms with E-state index in [1.54, 1.807) is 24.3 Å². The molecule has 1 atom stereocenters. The molecule has 0 saturated carbocycles. The van der Waals surface area contributed by atoms with Crippen LogP contribution in [0.1, 0.15) is 29.0 Å². The zero-order valence-electron chi connectivity index (χ0n) is 18.9. The third-order valence-electron chi connectivity index (χ3n) is 6.48. The monoisotopic (exact) mass is 482 g/mol. The molecule has 1 unspecified atom stereocenters. The number of phenols is 2. The molecule has 178 valence electrons. The molecule has 2 N–H and O–H groups in total. The first kappa shape index (κ1) is 21.7. The Morgan fingerprint density at radius 3 is 2.44 bits per heavy atom. The number of hydrogen-bond acceptors (Lipinski definition) is 8. The third kappa shape index (κ3) is 3.26. The Morgan fingerprint density at radius 1 is 0.889 bits per heavy atom. The summed E-state index contributed by atoms with van der Waals surface area (Å²) in [5.41, 5.74) is 1.64. The van der Waals surface area contributed by atoms with E-state index in [0.717, 1.165) is 5.56 Å². The van der Waals surface area contributed by atoms with Crippen molar-refractivity contribution in [3.05, 3.63) is 98.2 Å². The number of ether oxygens (including phenoxy) is 1. The van der Waals surface area contributed by atoms with Crippen molar-refractivity contribution in [2.45, 2.75) is 19.3 Å². The summed E-state index contributed by atoms with van der Waals surface area (Å²) in [6, 6.07) is 12.4. The number of benzene rings is 3. The largest absolute Gasteiger partial charge is 0.508 e. The van der Waals surface area contributed by atoms with Crippen LogP contribution in [0.4, 0.5) is 0 Å². The second-order valence-corrected chi connectivity index (χ2v) is 8.79. The van der Waals surface area contributed by atoms with Crippen LogP contribution >= 0.6 is 0 Å². The molecule has 8 nitrogen and oxygen atoms in total. The zero-order chi connectivity index (χ0) is 25.1. The van der Waals surface area contributed by atoms with Gasteiger partial charge < -0.3 is 23.8 Å². The lowest BCUT2D eigenvalue weighted by atomic mass is 9.85. The van der Waals surface area contributed by atoms with E-state index < -0.39 is 23.1 Å². The molecule has 0 bridgehead atoms. The van der Waals surface area contributed by atoms with Crippen molar-refractivity contribution in [3.63, 3.8) is 0 Å². The van der Waals surface area contributed by atoms with Gasteiger partial charge in [-0.3, -0.25) is 14.4 Å². The minimum absolute atomic E-state index is 0.00511. The Labute approximate surface area is 202 Å². The highest BCUT2D eigenvalue weighted by Crippen LogP contribution is 2.45. The van der Waals surface area contributed by atoms with Crippen LogP contribution in [0.25, 0.3) is 33.1 Å². The smallest absolute Gasteiger partial charge is 0.312 e. The quantitative estimate of drug-likeness (QED) is 0.273. The van der Waals surface area contributed by atoms with Crippen LogP contribution < -0.4 is 15.6 Å². The Bertz CT molecular complexity index is 1830. The van der Waals surface area contributed by atoms with E-state index >= 15 is 0 Å². The molecule has 3 heterocycles. The van der Waals surface area contributed by atoms with Crippen LogP contribution in [0.5, 0.6) is 17.2 Å². The third-order valence-corrected chi connectivity index (χ3v) is 6.48. The summed E-state index contributed by atoms with van der Waals surface area (Å²) in [7, 11) is 0. The lowest BCUT2D eigenvalue weighted by Gasteiger charge is -2.25. The first-order valence-electron chi connectivity index (χ1n) is 11.2. The number of aryl methyl sites for hydroxylation is 1. The van der Waals surface area contributed by atoms with E-state index in [0.29, 0.717) is 22.1 Å². The SMILES string of the molecule is Cc1ccc2occ(C3CC(=O)Oc4cc(O)c5c(=O)c(-c6ccc(O)cc6)coc5c43)c(=O)c2c1. The van der Waals surface area contributed by atoms with Crippen LogP contribution in [-0.4, -0.2) is 16.2 Å².